The molecule has 4 aromatic rings. The molecule has 0 radical (unpaired) electrons. The van der Waals surface area contributed by atoms with E-state index in [4.69, 9.17) is 9.72 Å². The smallest absolute Gasteiger partial charge is 0.243 e. The van der Waals surface area contributed by atoms with Gasteiger partial charge in [0.15, 0.2) is 0 Å². The number of para-hydroxylation sites is 1. The lowest BCUT2D eigenvalue weighted by Gasteiger charge is -2.22. The average Bonchev–Trinajstić information content (AvgIpc) is 3.03. The number of hydrogen-bond donors (Lipinski definition) is 1. The van der Waals surface area contributed by atoms with Gasteiger partial charge in [0.25, 0.3) is 0 Å². The molecule has 32 heavy (non-hydrogen) atoms. The van der Waals surface area contributed by atoms with Crippen LogP contribution in [-0.4, -0.2) is 14.5 Å². The van der Waals surface area contributed by atoms with Gasteiger partial charge in [-0.3, -0.25) is 0 Å². The number of rotatable bonds is 4. The standard InChI is InChI=1S/C27H32N4O/c1-26(2,3)18-14-15-20-22(17-18)31(7)25(29-20)30-21-12-10-16-28-24(21)32-23-13-9-8-11-19(23)27(4,5)6/h8-17H,1-7H3,(H,29,30). The summed E-state index contributed by atoms with van der Waals surface area (Å²) < 4.78 is 8.38. The van der Waals surface area contributed by atoms with Gasteiger partial charge in [0.1, 0.15) is 11.4 Å². The highest BCUT2D eigenvalue weighted by Crippen LogP contribution is 2.36. The summed E-state index contributed by atoms with van der Waals surface area (Å²) in [5, 5.41) is 3.43. The summed E-state index contributed by atoms with van der Waals surface area (Å²) in [5.41, 5.74) is 5.26. The maximum absolute atomic E-state index is 6.31. The lowest BCUT2D eigenvalue weighted by atomic mass is 9.86. The van der Waals surface area contributed by atoms with Crippen LogP contribution in [0.25, 0.3) is 11.0 Å². The molecule has 0 spiro atoms. The molecule has 0 bridgehead atoms. The van der Waals surface area contributed by atoms with Gasteiger partial charge in [0.05, 0.1) is 11.0 Å². The van der Waals surface area contributed by atoms with Crippen molar-refractivity contribution in [2.45, 2.75) is 52.4 Å². The van der Waals surface area contributed by atoms with Gasteiger partial charge in [0.2, 0.25) is 11.8 Å². The third-order valence-electron chi connectivity index (χ3n) is 5.67. The van der Waals surface area contributed by atoms with E-state index in [-0.39, 0.29) is 10.8 Å². The van der Waals surface area contributed by atoms with Crippen molar-refractivity contribution in [1.29, 1.82) is 0 Å². The summed E-state index contributed by atoms with van der Waals surface area (Å²) in [5.74, 6) is 2.07. The fourth-order valence-corrected chi connectivity index (χ4v) is 3.74. The van der Waals surface area contributed by atoms with Crippen LogP contribution in [0.4, 0.5) is 11.6 Å². The molecule has 166 valence electrons. The first-order chi connectivity index (χ1) is 15.0. The summed E-state index contributed by atoms with van der Waals surface area (Å²) in [4.78, 5) is 9.31. The Labute approximate surface area is 190 Å². The van der Waals surface area contributed by atoms with E-state index in [0.717, 1.165) is 34.0 Å². The second-order valence-corrected chi connectivity index (χ2v) is 10.3. The number of ether oxygens (including phenoxy) is 1. The molecule has 0 aliphatic carbocycles. The number of nitrogens with one attached hydrogen (secondary N) is 1. The largest absolute Gasteiger partial charge is 0.437 e. The minimum Gasteiger partial charge on any atom is -0.437 e. The number of fused-ring (bicyclic) bond motifs is 1. The maximum Gasteiger partial charge on any atom is 0.243 e. The number of aryl methyl sites for hydroxylation is 1. The summed E-state index contributed by atoms with van der Waals surface area (Å²) in [6, 6.07) is 18.4. The second-order valence-electron chi connectivity index (χ2n) is 10.3. The van der Waals surface area contributed by atoms with Crippen LogP contribution in [0.3, 0.4) is 0 Å². The van der Waals surface area contributed by atoms with Crippen molar-refractivity contribution < 1.29 is 4.74 Å². The number of aromatic nitrogens is 3. The van der Waals surface area contributed by atoms with Crippen LogP contribution >= 0.6 is 0 Å². The van der Waals surface area contributed by atoms with Crippen molar-refractivity contribution >= 4 is 22.7 Å². The zero-order chi connectivity index (χ0) is 23.1. The van der Waals surface area contributed by atoms with E-state index in [2.05, 4.69) is 80.7 Å². The Bertz CT molecular complexity index is 1260. The normalized spacial score (nSPS) is 12.2. The summed E-state index contributed by atoms with van der Waals surface area (Å²) >= 11 is 0. The molecule has 5 heteroatoms. The van der Waals surface area contributed by atoms with Gasteiger partial charge >= 0.3 is 0 Å². The van der Waals surface area contributed by atoms with Crippen LogP contribution in [0.5, 0.6) is 11.6 Å². The fourth-order valence-electron chi connectivity index (χ4n) is 3.74. The molecular weight excluding hydrogens is 396 g/mol. The topological polar surface area (TPSA) is 52.0 Å². The Morgan fingerprint density at radius 3 is 2.34 bits per heavy atom. The monoisotopic (exact) mass is 428 g/mol. The van der Waals surface area contributed by atoms with E-state index in [0.29, 0.717) is 5.88 Å². The van der Waals surface area contributed by atoms with Gasteiger partial charge in [-0.15, -0.1) is 0 Å². The molecule has 0 amide bonds. The molecule has 0 fully saturated rings. The van der Waals surface area contributed by atoms with E-state index in [1.165, 1.54) is 5.56 Å². The maximum atomic E-state index is 6.31. The summed E-state index contributed by atoms with van der Waals surface area (Å²) in [6.07, 6.45) is 1.74. The zero-order valence-corrected chi connectivity index (χ0v) is 20.0. The van der Waals surface area contributed by atoms with E-state index < -0.39 is 0 Å². The first-order valence-electron chi connectivity index (χ1n) is 11.0. The Balaban J connectivity index is 1.69. The van der Waals surface area contributed by atoms with Crippen LogP contribution in [0.2, 0.25) is 0 Å². The summed E-state index contributed by atoms with van der Waals surface area (Å²) in [7, 11) is 2.02. The van der Waals surface area contributed by atoms with Gasteiger partial charge in [-0.05, 0) is 46.7 Å². The number of pyridine rings is 1. The van der Waals surface area contributed by atoms with E-state index in [1.807, 2.05) is 37.4 Å². The molecule has 1 N–H and O–H groups in total. The van der Waals surface area contributed by atoms with Gasteiger partial charge in [-0.1, -0.05) is 65.8 Å². The minimum atomic E-state index is -0.0406. The highest BCUT2D eigenvalue weighted by Gasteiger charge is 2.21. The van der Waals surface area contributed by atoms with Crippen molar-refractivity contribution in [3.8, 4) is 11.6 Å². The zero-order valence-electron chi connectivity index (χ0n) is 20.0. The molecule has 2 heterocycles. The van der Waals surface area contributed by atoms with E-state index in [1.54, 1.807) is 6.20 Å². The predicted molar refractivity (Wildman–Crippen MR) is 132 cm³/mol. The molecule has 5 nitrogen and oxygen atoms in total. The molecule has 0 unspecified atom stereocenters. The Morgan fingerprint density at radius 1 is 0.875 bits per heavy atom. The number of anilines is 2. The highest BCUT2D eigenvalue weighted by molar-refractivity contribution is 5.81. The molecule has 0 saturated heterocycles. The Kier molecular flexibility index (Phi) is 5.45. The molecule has 4 rings (SSSR count). The highest BCUT2D eigenvalue weighted by atomic mass is 16.5. The van der Waals surface area contributed by atoms with Crippen LogP contribution in [0, 0.1) is 0 Å². The van der Waals surface area contributed by atoms with Crippen LogP contribution in [0.15, 0.2) is 60.8 Å². The van der Waals surface area contributed by atoms with Gasteiger partial charge in [-0.2, -0.15) is 0 Å². The Hall–Kier alpha value is -3.34. The first-order valence-corrected chi connectivity index (χ1v) is 11.0. The van der Waals surface area contributed by atoms with Gasteiger partial charge < -0.3 is 14.6 Å². The van der Waals surface area contributed by atoms with Crippen LogP contribution < -0.4 is 10.1 Å². The van der Waals surface area contributed by atoms with Crippen molar-refractivity contribution in [1.82, 2.24) is 14.5 Å². The molecule has 0 atom stereocenters. The molecule has 0 saturated carbocycles. The van der Waals surface area contributed by atoms with Crippen molar-refractivity contribution in [3.63, 3.8) is 0 Å². The fraction of sp³-hybridized carbons (Fsp3) is 0.333. The average molecular weight is 429 g/mol. The van der Waals surface area contributed by atoms with Crippen molar-refractivity contribution in [2.75, 3.05) is 5.32 Å². The van der Waals surface area contributed by atoms with Crippen LogP contribution in [-0.2, 0) is 17.9 Å². The van der Waals surface area contributed by atoms with Crippen molar-refractivity contribution in [2.24, 2.45) is 7.05 Å². The number of imidazole rings is 1. The number of hydrogen-bond acceptors (Lipinski definition) is 4. The number of benzene rings is 2. The SMILES string of the molecule is Cn1c(Nc2cccnc2Oc2ccccc2C(C)(C)C)nc2ccc(C(C)(C)C)cc21. The number of nitrogens with zero attached hydrogens (tertiary/aromatic N) is 3. The summed E-state index contributed by atoms with van der Waals surface area (Å²) in [6.45, 7) is 13.2. The Morgan fingerprint density at radius 2 is 1.62 bits per heavy atom. The third kappa shape index (κ3) is 4.33. The van der Waals surface area contributed by atoms with Gasteiger partial charge in [-0.25, -0.2) is 9.97 Å². The first kappa shape index (κ1) is 21.9. The third-order valence-corrected chi connectivity index (χ3v) is 5.67. The van der Waals surface area contributed by atoms with E-state index >= 15 is 0 Å². The lowest BCUT2D eigenvalue weighted by molar-refractivity contribution is 0.442. The molecule has 0 aliphatic rings. The molecule has 0 aliphatic heterocycles. The quantitative estimate of drug-likeness (QED) is 0.377. The van der Waals surface area contributed by atoms with Gasteiger partial charge in [0, 0.05) is 18.8 Å². The molecular formula is C27H32N4O. The van der Waals surface area contributed by atoms with E-state index in [9.17, 15) is 0 Å². The predicted octanol–water partition coefficient (Wildman–Crippen LogP) is 7.10. The second kappa shape index (κ2) is 7.97. The lowest BCUT2D eigenvalue weighted by Crippen LogP contribution is -2.12. The molecule has 2 aromatic carbocycles. The molecule has 2 aromatic heterocycles. The van der Waals surface area contributed by atoms with Crippen LogP contribution in [0.1, 0.15) is 52.7 Å². The minimum absolute atomic E-state index is 0.0406. The van der Waals surface area contributed by atoms with Crippen molar-refractivity contribution in [3.05, 3.63) is 71.9 Å².